The van der Waals surface area contributed by atoms with Gasteiger partial charge in [0.15, 0.2) is 0 Å². The van der Waals surface area contributed by atoms with Crippen LogP contribution in [0, 0.1) is 0 Å². The molecule has 18 heavy (non-hydrogen) atoms. The molecule has 3 heteroatoms. The first-order valence-corrected chi connectivity index (χ1v) is 6.67. The molecule has 0 aliphatic heterocycles. The van der Waals surface area contributed by atoms with E-state index < -0.39 is 0 Å². The zero-order chi connectivity index (χ0) is 12.4. The minimum Gasteiger partial charge on any atom is -0.330 e. The Morgan fingerprint density at radius 3 is 2.61 bits per heavy atom. The molecule has 0 spiro atoms. The minimum atomic E-state index is 0.529. The Kier molecular flexibility index (Phi) is 3.15. The van der Waals surface area contributed by atoms with Gasteiger partial charge in [-0.1, -0.05) is 36.8 Å². The van der Waals surface area contributed by atoms with Crippen molar-refractivity contribution in [3.8, 4) is 0 Å². The molecule has 0 amide bonds. The van der Waals surface area contributed by atoms with E-state index in [1.807, 2.05) is 0 Å². The van der Waals surface area contributed by atoms with Gasteiger partial charge in [0.25, 0.3) is 0 Å². The minimum absolute atomic E-state index is 0.529. The number of hydrogen-bond acceptors (Lipinski definition) is 2. The number of nitrogens with two attached hydrogens (primary N) is 1. The van der Waals surface area contributed by atoms with Crippen LogP contribution in [0.15, 0.2) is 36.5 Å². The zero-order valence-corrected chi connectivity index (χ0v) is 10.5. The summed E-state index contributed by atoms with van der Waals surface area (Å²) in [5, 5.41) is 0. The molecule has 0 unspecified atom stereocenters. The highest BCUT2D eigenvalue weighted by atomic mass is 15.1. The molecule has 1 aliphatic carbocycles. The van der Waals surface area contributed by atoms with E-state index in [1.54, 1.807) is 0 Å². The second-order valence-corrected chi connectivity index (χ2v) is 5.04. The average Bonchev–Trinajstić information content (AvgIpc) is 2.72. The van der Waals surface area contributed by atoms with Crippen LogP contribution in [0.4, 0.5) is 0 Å². The van der Waals surface area contributed by atoms with Crippen LogP contribution in [0.3, 0.4) is 0 Å². The highest BCUT2D eigenvalue weighted by molar-refractivity contribution is 5.18. The quantitative estimate of drug-likeness (QED) is 0.894. The zero-order valence-electron chi connectivity index (χ0n) is 10.5. The summed E-state index contributed by atoms with van der Waals surface area (Å²) >= 11 is 0. The lowest BCUT2D eigenvalue weighted by Gasteiger charge is -2.25. The molecule has 0 atom stereocenters. The fourth-order valence-corrected chi connectivity index (χ4v) is 2.48. The predicted octanol–water partition coefficient (Wildman–Crippen LogP) is 2.66. The Hall–Kier alpha value is -1.61. The fraction of sp³-hybridized carbons (Fsp3) is 0.400. The van der Waals surface area contributed by atoms with Crippen molar-refractivity contribution in [2.45, 2.75) is 38.3 Å². The third-order valence-electron chi connectivity index (χ3n) is 3.73. The van der Waals surface area contributed by atoms with Crippen molar-refractivity contribution in [3.63, 3.8) is 0 Å². The number of benzene rings is 1. The summed E-state index contributed by atoms with van der Waals surface area (Å²) in [6.07, 6.45) is 5.99. The van der Waals surface area contributed by atoms with Gasteiger partial charge in [0.2, 0.25) is 0 Å². The van der Waals surface area contributed by atoms with Crippen LogP contribution in [-0.4, -0.2) is 9.55 Å². The first-order valence-electron chi connectivity index (χ1n) is 6.67. The summed E-state index contributed by atoms with van der Waals surface area (Å²) in [5.74, 6) is 1.87. The molecule has 1 heterocycles. The smallest absolute Gasteiger partial charge is 0.112 e. The number of imidazole rings is 1. The maximum Gasteiger partial charge on any atom is 0.112 e. The molecule has 3 nitrogen and oxygen atoms in total. The normalized spacial score (nSPS) is 15.6. The summed E-state index contributed by atoms with van der Waals surface area (Å²) in [5.41, 5.74) is 8.04. The van der Waals surface area contributed by atoms with Crippen LogP contribution in [0.1, 0.15) is 42.3 Å². The van der Waals surface area contributed by atoms with Gasteiger partial charge in [-0.25, -0.2) is 4.98 Å². The van der Waals surface area contributed by atoms with E-state index in [0.29, 0.717) is 12.5 Å². The molecule has 1 aromatic heterocycles. The van der Waals surface area contributed by atoms with Crippen molar-refractivity contribution < 1.29 is 0 Å². The highest BCUT2D eigenvalue weighted by Gasteiger charge is 2.24. The van der Waals surface area contributed by atoms with Crippen molar-refractivity contribution in [1.82, 2.24) is 9.55 Å². The van der Waals surface area contributed by atoms with Crippen LogP contribution < -0.4 is 5.73 Å². The topological polar surface area (TPSA) is 43.8 Å². The predicted molar refractivity (Wildman–Crippen MR) is 72.3 cm³/mol. The van der Waals surface area contributed by atoms with Crippen molar-refractivity contribution in [2.24, 2.45) is 5.73 Å². The Balaban J connectivity index is 1.87. The maximum absolute atomic E-state index is 5.71. The molecule has 0 radical (unpaired) electrons. The lowest BCUT2D eigenvalue weighted by atomic mass is 9.85. The largest absolute Gasteiger partial charge is 0.330 e. The highest BCUT2D eigenvalue weighted by Crippen LogP contribution is 2.35. The van der Waals surface area contributed by atoms with Gasteiger partial charge < -0.3 is 10.3 Å². The molecule has 3 rings (SSSR count). The van der Waals surface area contributed by atoms with Crippen molar-refractivity contribution >= 4 is 0 Å². The van der Waals surface area contributed by atoms with Crippen LogP contribution in [-0.2, 0) is 13.1 Å². The Bertz CT molecular complexity index is 512. The SMILES string of the molecule is NCc1cn(Cc2ccccc2)c(C2CCC2)n1. The van der Waals surface area contributed by atoms with Crippen LogP contribution in [0.2, 0.25) is 0 Å². The third-order valence-corrected chi connectivity index (χ3v) is 3.73. The molecule has 0 bridgehead atoms. The van der Waals surface area contributed by atoms with E-state index in [9.17, 15) is 0 Å². The third kappa shape index (κ3) is 2.18. The summed E-state index contributed by atoms with van der Waals surface area (Å²) in [4.78, 5) is 4.68. The molecule has 0 saturated heterocycles. The second-order valence-electron chi connectivity index (χ2n) is 5.04. The van der Waals surface area contributed by atoms with E-state index in [-0.39, 0.29) is 0 Å². The van der Waals surface area contributed by atoms with Gasteiger partial charge in [0.05, 0.1) is 5.69 Å². The first-order chi connectivity index (χ1) is 8.86. The number of rotatable bonds is 4. The van der Waals surface area contributed by atoms with Gasteiger partial charge in [0, 0.05) is 25.2 Å². The fourth-order valence-electron chi connectivity index (χ4n) is 2.48. The maximum atomic E-state index is 5.71. The lowest BCUT2D eigenvalue weighted by molar-refractivity contribution is 0.390. The summed E-state index contributed by atoms with van der Waals surface area (Å²) < 4.78 is 2.28. The van der Waals surface area contributed by atoms with Gasteiger partial charge >= 0.3 is 0 Å². The van der Waals surface area contributed by atoms with Crippen LogP contribution in [0.5, 0.6) is 0 Å². The van der Waals surface area contributed by atoms with Gasteiger partial charge in [-0.2, -0.15) is 0 Å². The molecule has 1 aliphatic rings. The molecule has 94 valence electrons. The second kappa shape index (κ2) is 4.94. The average molecular weight is 241 g/mol. The molecule has 1 aromatic carbocycles. The van der Waals surface area contributed by atoms with Gasteiger partial charge in [-0.05, 0) is 18.4 Å². The van der Waals surface area contributed by atoms with Crippen molar-refractivity contribution in [3.05, 3.63) is 53.6 Å². The van der Waals surface area contributed by atoms with Gasteiger partial charge in [-0.3, -0.25) is 0 Å². The van der Waals surface area contributed by atoms with Crippen LogP contribution in [0.25, 0.3) is 0 Å². The van der Waals surface area contributed by atoms with Gasteiger partial charge in [0.1, 0.15) is 5.82 Å². The Morgan fingerprint density at radius 2 is 2.00 bits per heavy atom. The number of hydrogen-bond donors (Lipinski definition) is 1. The summed E-state index contributed by atoms with van der Waals surface area (Å²) in [7, 11) is 0. The van der Waals surface area contributed by atoms with Crippen molar-refractivity contribution in [1.29, 1.82) is 0 Å². The lowest BCUT2D eigenvalue weighted by Crippen LogP contribution is -2.15. The molecule has 2 N–H and O–H groups in total. The summed E-state index contributed by atoms with van der Waals surface area (Å²) in [6, 6.07) is 10.5. The molecule has 2 aromatic rings. The Labute approximate surface area is 108 Å². The Morgan fingerprint density at radius 1 is 1.22 bits per heavy atom. The van der Waals surface area contributed by atoms with Gasteiger partial charge in [-0.15, -0.1) is 0 Å². The molecular formula is C15H19N3. The monoisotopic (exact) mass is 241 g/mol. The van der Waals surface area contributed by atoms with E-state index in [1.165, 1.54) is 30.7 Å². The van der Waals surface area contributed by atoms with Crippen LogP contribution >= 0.6 is 0 Å². The molecule has 1 saturated carbocycles. The number of nitrogens with zero attached hydrogens (tertiary/aromatic N) is 2. The number of aromatic nitrogens is 2. The summed E-state index contributed by atoms with van der Waals surface area (Å²) in [6.45, 7) is 1.43. The molecular weight excluding hydrogens is 222 g/mol. The van der Waals surface area contributed by atoms with E-state index in [0.717, 1.165) is 12.2 Å². The molecule has 1 fully saturated rings. The van der Waals surface area contributed by atoms with E-state index >= 15 is 0 Å². The van der Waals surface area contributed by atoms with E-state index in [4.69, 9.17) is 5.73 Å². The first kappa shape index (κ1) is 11.5. The van der Waals surface area contributed by atoms with E-state index in [2.05, 4.69) is 46.1 Å². The van der Waals surface area contributed by atoms with Crippen molar-refractivity contribution in [2.75, 3.05) is 0 Å². The standard InChI is InChI=1S/C15H19N3/c16-9-14-11-18(10-12-5-2-1-3-6-12)15(17-14)13-7-4-8-13/h1-3,5-6,11,13H,4,7-10,16H2.